The van der Waals surface area contributed by atoms with E-state index >= 15 is 0 Å². The van der Waals surface area contributed by atoms with Gasteiger partial charge in [0.15, 0.2) is 0 Å². The molecule has 0 unspecified atom stereocenters. The van der Waals surface area contributed by atoms with Crippen LogP contribution < -0.4 is 4.74 Å². The molecule has 0 aliphatic rings. The van der Waals surface area contributed by atoms with Gasteiger partial charge in [-0.15, -0.1) is 0 Å². The van der Waals surface area contributed by atoms with Crippen LogP contribution in [0.2, 0.25) is 0 Å². The van der Waals surface area contributed by atoms with Crippen LogP contribution in [-0.2, 0) is 0 Å². The second kappa shape index (κ2) is 5.10. The maximum absolute atomic E-state index is 5.57. The van der Waals surface area contributed by atoms with Crippen LogP contribution >= 0.6 is 0 Å². The Morgan fingerprint density at radius 1 is 1.22 bits per heavy atom. The normalized spacial score (nSPS) is 10.8. The summed E-state index contributed by atoms with van der Waals surface area (Å²) in [5.74, 6) is 6.92. The van der Waals surface area contributed by atoms with Crippen molar-refractivity contribution in [3.05, 3.63) is 36.5 Å². The second-order valence-electron chi connectivity index (χ2n) is 5.20. The smallest absolute Gasteiger partial charge is 0.149 e. The summed E-state index contributed by atoms with van der Waals surface area (Å²) in [5.41, 5.74) is 0.996. The topological polar surface area (TPSA) is 22.1 Å². The standard InChI is InChI=1S/C16H17NO/c1-16(2,3)9-6-10-18-14-11-13-7-4-5-8-15(13)17-12-14/h4-5,7-8,11-12H,10H2,1-3H3. The minimum Gasteiger partial charge on any atom is -0.479 e. The van der Waals surface area contributed by atoms with Crippen molar-refractivity contribution in [2.45, 2.75) is 20.8 Å². The van der Waals surface area contributed by atoms with Crippen LogP contribution in [0.5, 0.6) is 5.75 Å². The number of ether oxygens (including phenoxy) is 1. The molecule has 1 aromatic heterocycles. The van der Waals surface area contributed by atoms with Crippen molar-refractivity contribution in [3.63, 3.8) is 0 Å². The Kier molecular flexibility index (Phi) is 3.53. The molecule has 0 radical (unpaired) electrons. The molecular weight excluding hydrogens is 222 g/mol. The number of aromatic nitrogens is 1. The van der Waals surface area contributed by atoms with Gasteiger partial charge in [0.25, 0.3) is 0 Å². The molecule has 0 atom stereocenters. The van der Waals surface area contributed by atoms with Gasteiger partial charge in [-0.25, -0.2) is 0 Å². The highest BCUT2D eigenvalue weighted by Crippen LogP contribution is 2.17. The quantitative estimate of drug-likeness (QED) is 0.746. The molecule has 2 aromatic rings. The Hall–Kier alpha value is -2.01. The fraction of sp³-hybridized carbons (Fsp3) is 0.312. The fourth-order valence-corrected chi connectivity index (χ4v) is 1.55. The van der Waals surface area contributed by atoms with E-state index in [-0.39, 0.29) is 5.41 Å². The van der Waals surface area contributed by atoms with Gasteiger partial charge < -0.3 is 4.74 Å². The van der Waals surface area contributed by atoms with Crippen LogP contribution in [0.4, 0.5) is 0 Å². The highest BCUT2D eigenvalue weighted by atomic mass is 16.5. The molecule has 0 amide bonds. The Morgan fingerprint density at radius 2 is 2.00 bits per heavy atom. The van der Waals surface area contributed by atoms with E-state index in [1.807, 2.05) is 30.3 Å². The lowest BCUT2D eigenvalue weighted by Gasteiger charge is -2.07. The number of benzene rings is 1. The number of rotatable bonds is 2. The molecule has 1 heterocycles. The predicted molar refractivity (Wildman–Crippen MR) is 74.5 cm³/mol. The highest BCUT2D eigenvalue weighted by molar-refractivity contribution is 5.79. The number of fused-ring (bicyclic) bond motifs is 1. The summed E-state index contributed by atoms with van der Waals surface area (Å²) < 4.78 is 5.57. The Balaban J connectivity index is 2.06. The molecule has 2 nitrogen and oxygen atoms in total. The van der Waals surface area contributed by atoms with E-state index < -0.39 is 0 Å². The van der Waals surface area contributed by atoms with E-state index in [1.54, 1.807) is 6.20 Å². The molecule has 2 rings (SSSR count). The number of pyridine rings is 1. The zero-order valence-electron chi connectivity index (χ0n) is 11.0. The second-order valence-corrected chi connectivity index (χ2v) is 5.20. The van der Waals surface area contributed by atoms with Crippen molar-refractivity contribution in [1.82, 2.24) is 4.98 Å². The molecule has 0 saturated carbocycles. The molecule has 0 N–H and O–H groups in total. The minimum absolute atomic E-state index is 0.0188. The van der Waals surface area contributed by atoms with Crippen molar-refractivity contribution >= 4 is 10.9 Å². The van der Waals surface area contributed by atoms with Crippen LogP contribution in [0, 0.1) is 17.3 Å². The molecule has 18 heavy (non-hydrogen) atoms. The van der Waals surface area contributed by atoms with Gasteiger partial charge in [0, 0.05) is 10.8 Å². The average Bonchev–Trinajstić information content (AvgIpc) is 2.33. The molecule has 1 aromatic carbocycles. The Bertz CT molecular complexity index is 600. The van der Waals surface area contributed by atoms with E-state index in [0.29, 0.717) is 6.61 Å². The summed E-state index contributed by atoms with van der Waals surface area (Å²) in [7, 11) is 0. The first-order chi connectivity index (χ1) is 8.54. The minimum atomic E-state index is 0.0188. The molecule has 0 saturated heterocycles. The van der Waals surface area contributed by atoms with Crippen LogP contribution in [0.3, 0.4) is 0 Å². The zero-order valence-corrected chi connectivity index (χ0v) is 11.0. The van der Waals surface area contributed by atoms with E-state index in [9.17, 15) is 0 Å². The first kappa shape index (κ1) is 12.4. The van der Waals surface area contributed by atoms with Crippen molar-refractivity contribution < 1.29 is 4.74 Å². The largest absolute Gasteiger partial charge is 0.479 e. The number of hydrogen-bond donors (Lipinski definition) is 0. The lowest BCUT2D eigenvalue weighted by Crippen LogP contribution is -2.01. The van der Waals surface area contributed by atoms with Gasteiger partial charge in [-0.3, -0.25) is 4.98 Å². The third-order valence-corrected chi connectivity index (χ3v) is 2.34. The molecule has 2 heteroatoms. The van der Waals surface area contributed by atoms with E-state index in [2.05, 4.69) is 37.6 Å². The maximum atomic E-state index is 5.57. The monoisotopic (exact) mass is 239 g/mol. The SMILES string of the molecule is CC(C)(C)C#CCOc1cnc2ccccc2c1. The molecule has 0 aliphatic heterocycles. The highest BCUT2D eigenvalue weighted by Gasteiger charge is 2.03. The number of para-hydroxylation sites is 1. The molecule has 0 fully saturated rings. The van der Waals surface area contributed by atoms with Gasteiger partial charge in [-0.05, 0) is 32.9 Å². The van der Waals surface area contributed by atoms with Gasteiger partial charge in [-0.1, -0.05) is 30.0 Å². The van der Waals surface area contributed by atoms with Crippen LogP contribution in [0.1, 0.15) is 20.8 Å². The molecular formula is C16H17NO. The summed E-state index contributed by atoms with van der Waals surface area (Å²) in [6, 6.07) is 9.97. The first-order valence-electron chi connectivity index (χ1n) is 6.02. The van der Waals surface area contributed by atoms with E-state index in [1.165, 1.54) is 0 Å². The number of nitrogens with zero attached hydrogens (tertiary/aromatic N) is 1. The molecule has 0 aliphatic carbocycles. The average molecular weight is 239 g/mol. The van der Waals surface area contributed by atoms with Crippen LogP contribution in [0.25, 0.3) is 10.9 Å². The summed E-state index contributed by atoms with van der Waals surface area (Å²) in [5, 5.41) is 1.08. The lowest BCUT2D eigenvalue weighted by molar-refractivity contribution is 0.368. The molecule has 0 bridgehead atoms. The summed E-state index contributed by atoms with van der Waals surface area (Å²) in [6.07, 6.45) is 1.74. The third kappa shape index (κ3) is 3.49. The third-order valence-electron chi connectivity index (χ3n) is 2.34. The van der Waals surface area contributed by atoms with Gasteiger partial charge in [-0.2, -0.15) is 0 Å². The Morgan fingerprint density at radius 3 is 2.78 bits per heavy atom. The van der Waals surface area contributed by atoms with E-state index in [0.717, 1.165) is 16.7 Å². The zero-order chi connectivity index (χ0) is 13.0. The lowest BCUT2D eigenvalue weighted by atomic mass is 9.98. The predicted octanol–water partition coefficient (Wildman–Crippen LogP) is 3.66. The number of hydrogen-bond acceptors (Lipinski definition) is 2. The molecule has 92 valence electrons. The van der Waals surface area contributed by atoms with Crippen molar-refractivity contribution in [2.75, 3.05) is 6.61 Å². The first-order valence-corrected chi connectivity index (χ1v) is 6.02. The summed E-state index contributed by atoms with van der Waals surface area (Å²) in [6.45, 7) is 6.64. The van der Waals surface area contributed by atoms with Crippen molar-refractivity contribution in [2.24, 2.45) is 5.41 Å². The van der Waals surface area contributed by atoms with Crippen molar-refractivity contribution in [1.29, 1.82) is 0 Å². The van der Waals surface area contributed by atoms with Gasteiger partial charge in [0.05, 0.1) is 11.7 Å². The maximum Gasteiger partial charge on any atom is 0.149 e. The van der Waals surface area contributed by atoms with E-state index in [4.69, 9.17) is 4.74 Å². The summed E-state index contributed by atoms with van der Waals surface area (Å²) in [4.78, 5) is 4.34. The Labute approximate surface area is 108 Å². The molecule has 0 spiro atoms. The van der Waals surface area contributed by atoms with Crippen LogP contribution in [0.15, 0.2) is 36.5 Å². The van der Waals surface area contributed by atoms with Gasteiger partial charge in [0.2, 0.25) is 0 Å². The van der Waals surface area contributed by atoms with Gasteiger partial charge in [0.1, 0.15) is 12.4 Å². The van der Waals surface area contributed by atoms with Gasteiger partial charge >= 0.3 is 0 Å². The van der Waals surface area contributed by atoms with Crippen molar-refractivity contribution in [3.8, 4) is 17.6 Å². The fourth-order valence-electron chi connectivity index (χ4n) is 1.55. The van der Waals surface area contributed by atoms with Crippen LogP contribution in [-0.4, -0.2) is 11.6 Å². The summed E-state index contributed by atoms with van der Waals surface area (Å²) >= 11 is 0.